The summed E-state index contributed by atoms with van der Waals surface area (Å²) >= 11 is 0. The number of aryl methyl sites for hydroxylation is 2. The van der Waals surface area contributed by atoms with Gasteiger partial charge in [-0.05, 0) is 12.5 Å². The van der Waals surface area contributed by atoms with Crippen LogP contribution in [0.5, 0.6) is 0 Å². The predicted molar refractivity (Wildman–Crippen MR) is 76.0 cm³/mol. The second kappa shape index (κ2) is 4.63. The lowest BCUT2D eigenvalue weighted by molar-refractivity contribution is -0.139. The normalized spacial score (nSPS) is 18.4. The summed E-state index contributed by atoms with van der Waals surface area (Å²) in [5.74, 6) is -0.298. The summed E-state index contributed by atoms with van der Waals surface area (Å²) in [6.07, 6.45) is 2.29. The predicted octanol–water partition coefficient (Wildman–Crippen LogP) is 2.94. The van der Waals surface area contributed by atoms with Gasteiger partial charge in [0, 0.05) is 36.4 Å². The third-order valence-electron chi connectivity index (χ3n) is 3.58. The molecule has 0 aliphatic carbocycles. The van der Waals surface area contributed by atoms with Crippen LogP contribution in [0.3, 0.4) is 0 Å². The maximum absolute atomic E-state index is 11.5. The van der Waals surface area contributed by atoms with Crippen LogP contribution in [0.15, 0.2) is 42.6 Å². The zero-order valence-electron chi connectivity index (χ0n) is 11.6. The SMILES string of the molecule is C=C1CC(c2ccccc2-c2cn(C)nc2C)OC1=O. The molecule has 102 valence electrons. The molecule has 0 saturated carbocycles. The van der Waals surface area contributed by atoms with E-state index in [0.29, 0.717) is 12.0 Å². The second-order valence-corrected chi connectivity index (χ2v) is 5.09. The quantitative estimate of drug-likeness (QED) is 0.621. The van der Waals surface area contributed by atoms with Gasteiger partial charge in [0.15, 0.2) is 0 Å². The summed E-state index contributed by atoms with van der Waals surface area (Å²) in [6.45, 7) is 5.72. The molecule has 0 spiro atoms. The van der Waals surface area contributed by atoms with Crippen molar-refractivity contribution < 1.29 is 9.53 Å². The number of carbonyl (C=O) groups excluding carboxylic acids is 1. The van der Waals surface area contributed by atoms with Crippen LogP contribution in [0.25, 0.3) is 11.1 Å². The lowest BCUT2D eigenvalue weighted by atomic mass is 9.95. The molecule has 4 nitrogen and oxygen atoms in total. The molecule has 1 aromatic heterocycles. The zero-order chi connectivity index (χ0) is 14.3. The van der Waals surface area contributed by atoms with Gasteiger partial charge in [0.2, 0.25) is 0 Å². The summed E-state index contributed by atoms with van der Waals surface area (Å²) in [7, 11) is 1.90. The minimum atomic E-state index is -0.298. The van der Waals surface area contributed by atoms with E-state index in [2.05, 4.69) is 11.7 Å². The Morgan fingerprint density at radius 2 is 2.10 bits per heavy atom. The molecule has 2 heterocycles. The first-order chi connectivity index (χ1) is 9.56. The van der Waals surface area contributed by atoms with E-state index in [1.807, 2.05) is 44.4 Å². The van der Waals surface area contributed by atoms with Crippen molar-refractivity contribution in [2.45, 2.75) is 19.4 Å². The number of carbonyl (C=O) groups is 1. The summed E-state index contributed by atoms with van der Waals surface area (Å²) in [6, 6.07) is 7.98. The number of esters is 1. The van der Waals surface area contributed by atoms with Crippen molar-refractivity contribution in [2.24, 2.45) is 7.05 Å². The molecule has 1 atom stereocenters. The molecular weight excluding hydrogens is 252 g/mol. The standard InChI is InChI=1S/C16H16N2O2/c1-10-8-15(20-16(10)19)13-7-5-4-6-12(13)14-9-18(3)17-11(14)2/h4-7,9,15H,1,8H2,2-3H3. The van der Waals surface area contributed by atoms with Gasteiger partial charge in [0.25, 0.3) is 0 Å². The van der Waals surface area contributed by atoms with Gasteiger partial charge < -0.3 is 4.74 Å². The number of hydrogen-bond acceptors (Lipinski definition) is 3. The molecule has 0 N–H and O–H groups in total. The fourth-order valence-corrected chi connectivity index (χ4v) is 2.62. The molecule has 1 aliphatic heterocycles. The summed E-state index contributed by atoms with van der Waals surface area (Å²) in [5.41, 5.74) is 4.63. The Labute approximate surface area is 117 Å². The molecule has 1 aromatic carbocycles. The van der Waals surface area contributed by atoms with Crippen molar-refractivity contribution in [3.63, 3.8) is 0 Å². The van der Waals surface area contributed by atoms with E-state index in [-0.39, 0.29) is 12.1 Å². The van der Waals surface area contributed by atoms with Gasteiger partial charge in [0.1, 0.15) is 6.10 Å². The first kappa shape index (κ1) is 12.7. The Morgan fingerprint density at radius 3 is 2.70 bits per heavy atom. The van der Waals surface area contributed by atoms with Gasteiger partial charge in [-0.15, -0.1) is 0 Å². The molecule has 0 amide bonds. The highest BCUT2D eigenvalue weighted by Crippen LogP contribution is 2.38. The minimum Gasteiger partial charge on any atom is -0.454 e. The number of nitrogens with zero attached hydrogens (tertiary/aromatic N) is 2. The van der Waals surface area contributed by atoms with Crippen molar-refractivity contribution in [3.8, 4) is 11.1 Å². The van der Waals surface area contributed by atoms with Crippen molar-refractivity contribution >= 4 is 5.97 Å². The third-order valence-corrected chi connectivity index (χ3v) is 3.58. The maximum atomic E-state index is 11.5. The van der Waals surface area contributed by atoms with E-state index in [9.17, 15) is 4.79 Å². The van der Waals surface area contributed by atoms with E-state index >= 15 is 0 Å². The van der Waals surface area contributed by atoms with Crippen LogP contribution in [-0.2, 0) is 16.6 Å². The van der Waals surface area contributed by atoms with E-state index in [1.165, 1.54) is 0 Å². The maximum Gasteiger partial charge on any atom is 0.334 e. The summed E-state index contributed by atoms with van der Waals surface area (Å²) in [5, 5.41) is 4.38. The number of rotatable bonds is 2. The van der Waals surface area contributed by atoms with Gasteiger partial charge in [-0.3, -0.25) is 4.68 Å². The Kier molecular flexibility index (Phi) is 2.93. The van der Waals surface area contributed by atoms with Crippen molar-refractivity contribution in [3.05, 3.63) is 53.9 Å². The fraction of sp³-hybridized carbons (Fsp3) is 0.250. The van der Waals surface area contributed by atoms with E-state index in [0.717, 1.165) is 22.4 Å². The molecule has 1 aliphatic rings. The van der Waals surface area contributed by atoms with Crippen LogP contribution in [0, 0.1) is 6.92 Å². The molecule has 2 aromatic rings. The number of hydrogen-bond donors (Lipinski definition) is 0. The topological polar surface area (TPSA) is 44.1 Å². The molecule has 20 heavy (non-hydrogen) atoms. The molecule has 0 bridgehead atoms. The molecule has 4 heteroatoms. The molecule has 1 unspecified atom stereocenters. The van der Waals surface area contributed by atoms with Crippen LogP contribution in [0.4, 0.5) is 0 Å². The average Bonchev–Trinajstić information content (AvgIpc) is 2.92. The lowest BCUT2D eigenvalue weighted by Crippen LogP contribution is -2.01. The first-order valence-corrected chi connectivity index (χ1v) is 6.54. The Balaban J connectivity index is 2.07. The molecular formula is C16H16N2O2. The first-order valence-electron chi connectivity index (χ1n) is 6.54. The van der Waals surface area contributed by atoms with E-state index < -0.39 is 0 Å². The number of ether oxygens (including phenoxy) is 1. The van der Waals surface area contributed by atoms with Crippen LogP contribution in [-0.4, -0.2) is 15.7 Å². The minimum absolute atomic E-state index is 0.245. The highest BCUT2D eigenvalue weighted by atomic mass is 16.5. The van der Waals surface area contributed by atoms with Gasteiger partial charge in [0.05, 0.1) is 5.69 Å². The highest BCUT2D eigenvalue weighted by Gasteiger charge is 2.30. The van der Waals surface area contributed by atoms with Gasteiger partial charge in [-0.1, -0.05) is 30.8 Å². The van der Waals surface area contributed by atoms with Crippen LogP contribution in [0.1, 0.15) is 23.8 Å². The number of benzene rings is 1. The van der Waals surface area contributed by atoms with Crippen molar-refractivity contribution in [1.29, 1.82) is 0 Å². The fourth-order valence-electron chi connectivity index (χ4n) is 2.62. The summed E-state index contributed by atoms with van der Waals surface area (Å²) in [4.78, 5) is 11.5. The van der Waals surface area contributed by atoms with Crippen molar-refractivity contribution in [2.75, 3.05) is 0 Å². The highest BCUT2D eigenvalue weighted by molar-refractivity contribution is 5.90. The smallest absolute Gasteiger partial charge is 0.334 e. The third kappa shape index (κ3) is 2.03. The number of cyclic esters (lactones) is 1. The molecule has 0 radical (unpaired) electrons. The van der Waals surface area contributed by atoms with Crippen molar-refractivity contribution in [1.82, 2.24) is 9.78 Å². The Morgan fingerprint density at radius 1 is 1.35 bits per heavy atom. The monoisotopic (exact) mass is 268 g/mol. The van der Waals surface area contributed by atoms with Gasteiger partial charge in [-0.25, -0.2) is 4.79 Å². The molecule has 3 rings (SSSR count). The number of aromatic nitrogens is 2. The van der Waals surface area contributed by atoms with Crippen LogP contribution < -0.4 is 0 Å². The lowest BCUT2D eigenvalue weighted by Gasteiger charge is -2.14. The average molecular weight is 268 g/mol. The Bertz CT molecular complexity index is 684. The second-order valence-electron chi connectivity index (χ2n) is 5.09. The van der Waals surface area contributed by atoms with Gasteiger partial charge in [-0.2, -0.15) is 5.10 Å². The van der Waals surface area contributed by atoms with E-state index in [4.69, 9.17) is 4.74 Å². The largest absolute Gasteiger partial charge is 0.454 e. The molecule has 1 saturated heterocycles. The zero-order valence-corrected chi connectivity index (χ0v) is 11.6. The molecule has 1 fully saturated rings. The van der Waals surface area contributed by atoms with Gasteiger partial charge >= 0.3 is 5.97 Å². The van der Waals surface area contributed by atoms with E-state index in [1.54, 1.807) is 4.68 Å². The Hall–Kier alpha value is -2.36. The summed E-state index contributed by atoms with van der Waals surface area (Å²) < 4.78 is 7.20. The van der Waals surface area contributed by atoms with Crippen LogP contribution in [0.2, 0.25) is 0 Å². The van der Waals surface area contributed by atoms with Crippen LogP contribution >= 0.6 is 0 Å².